The third-order valence-corrected chi connectivity index (χ3v) is 6.14. The fourth-order valence-corrected chi connectivity index (χ4v) is 4.30. The van der Waals surface area contributed by atoms with Crippen molar-refractivity contribution in [3.05, 3.63) is 24.7 Å². The molecule has 0 aromatic carbocycles. The Balaban J connectivity index is 1.50. The van der Waals surface area contributed by atoms with Crippen LogP contribution in [0.25, 0.3) is 22.3 Å². The van der Waals surface area contributed by atoms with Crippen molar-refractivity contribution in [1.29, 1.82) is 0 Å². The van der Waals surface area contributed by atoms with Gasteiger partial charge < -0.3 is 20.3 Å². The number of carbonyl (C=O) groups is 1. The number of pyridine rings is 1. The molecule has 3 aromatic rings. The normalized spacial score (nSPS) is 15.6. The summed E-state index contributed by atoms with van der Waals surface area (Å²) in [6, 6.07) is 4.19. The molecule has 0 unspecified atom stereocenters. The third-order valence-electron chi connectivity index (χ3n) is 6.14. The Morgan fingerprint density at radius 2 is 1.91 bits per heavy atom. The van der Waals surface area contributed by atoms with Gasteiger partial charge in [0.15, 0.2) is 5.65 Å². The number of anilines is 2. The van der Waals surface area contributed by atoms with Gasteiger partial charge in [-0.3, -0.25) is 5.32 Å². The summed E-state index contributed by atoms with van der Waals surface area (Å²) >= 11 is 0. The number of rotatable bonds is 6. The van der Waals surface area contributed by atoms with Crippen LogP contribution in [-0.2, 0) is 11.3 Å². The molecule has 0 aliphatic carbocycles. The summed E-state index contributed by atoms with van der Waals surface area (Å²) < 4.78 is 7.18. The molecule has 3 N–H and O–H groups in total. The van der Waals surface area contributed by atoms with Crippen molar-refractivity contribution in [1.82, 2.24) is 34.5 Å². The topological polar surface area (TPSA) is 127 Å². The first-order valence-electron chi connectivity index (χ1n) is 11.9. The first kappa shape index (κ1) is 24.8. The van der Waals surface area contributed by atoms with E-state index in [1.54, 1.807) is 12.3 Å². The Labute approximate surface area is 205 Å². The summed E-state index contributed by atoms with van der Waals surface area (Å²) in [7, 11) is 4.30. The van der Waals surface area contributed by atoms with Gasteiger partial charge in [0.25, 0.3) is 0 Å². The lowest BCUT2D eigenvalue weighted by Crippen LogP contribution is -2.42. The van der Waals surface area contributed by atoms with Gasteiger partial charge in [0.1, 0.15) is 29.3 Å². The quantitative estimate of drug-likeness (QED) is 0.546. The lowest BCUT2D eigenvalue weighted by atomic mass is 10.0. The molecule has 4 rings (SSSR count). The number of nitrogen functional groups attached to an aromatic ring is 1. The van der Waals surface area contributed by atoms with Gasteiger partial charge in [-0.25, -0.2) is 24.4 Å². The van der Waals surface area contributed by atoms with Crippen LogP contribution in [0, 0.1) is 0 Å². The lowest BCUT2D eigenvalue weighted by molar-refractivity contribution is 0.0635. The average molecular weight is 482 g/mol. The molecule has 0 saturated carbocycles. The van der Waals surface area contributed by atoms with Crippen LogP contribution >= 0.6 is 0 Å². The molecular weight excluding hydrogens is 446 g/mol. The van der Waals surface area contributed by atoms with Gasteiger partial charge in [0.2, 0.25) is 0 Å². The molecule has 1 aliphatic rings. The second kappa shape index (κ2) is 10.1. The lowest BCUT2D eigenvalue weighted by Gasteiger charge is -2.35. The molecule has 1 amide bonds. The van der Waals surface area contributed by atoms with Crippen molar-refractivity contribution < 1.29 is 9.53 Å². The zero-order valence-corrected chi connectivity index (χ0v) is 21.2. The highest BCUT2D eigenvalue weighted by molar-refractivity contribution is 5.98. The molecule has 1 saturated heterocycles. The summed E-state index contributed by atoms with van der Waals surface area (Å²) in [6.45, 7) is 9.15. The minimum absolute atomic E-state index is 0.374. The van der Waals surface area contributed by atoms with Crippen LogP contribution in [0.1, 0.15) is 33.6 Å². The van der Waals surface area contributed by atoms with Crippen molar-refractivity contribution in [3.63, 3.8) is 0 Å². The number of carbonyl (C=O) groups excluding carboxylic acids is 1. The largest absolute Gasteiger partial charge is 0.444 e. The number of aromatic nitrogens is 5. The highest BCUT2D eigenvalue weighted by atomic mass is 16.6. The summed E-state index contributed by atoms with van der Waals surface area (Å²) in [5.41, 5.74) is 7.77. The SMILES string of the molecule is CN(C)C1CCN(CCn2nc(-c3ccc(NC(=O)OC(C)(C)C)nc3)c3c(N)ncnc32)CC1. The van der Waals surface area contributed by atoms with E-state index < -0.39 is 11.7 Å². The monoisotopic (exact) mass is 481 g/mol. The molecule has 0 bridgehead atoms. The molecule has 4 heterocycles. The Kier molecular flexibility index (Phi) is 7.18. The van der Waals surface area contributed by atoms with Crippen molar-refractivity contribution in [2.24, 2.45) is 0 Å². The molecule has 11 heteroatoms. The Morgan fingerprint density at radius 1 is 1.17 bits per heavy atom. The fourth-order valence-electron chi connectivity index (χ4n) is 4.30. The molecule has 0 atom stereocenters. The number of hydrogen-bond acceptors (Lipinski definition) is 9. The molecule has 3 aromatic heterocycles. The van der Waals surface area contributed by atoms with E-state index in [-0.39, 0.29) is 0 Å². The van der Waals surface area contributed by atoms with Crippen molar-refractivity contribution in [2.45, 2.75) is 51.8 Å². The van der Waals surface area contributed by atoms with Crippen LogP contribution in [-0.4, -0.2) is 86.0 Å². The third kappa shape index (κ3) is 6.04. The van der Waals surface area contributed by atoms with E-state index in [1.807, 2.05) is 31.5 Å². The maximum Gasteiger partial charge on any atom is 0.413 e. The maximum absolute atomic E-state index is 12.0. The van der Waals surface area contributed by atoms with Crippen LogP contribution in [0.4, 0.5) is 16.4 Å². The molecule has 188 valence electrons. The average Bonchev–Trinajstić information content (AvgIpc) is 3.17. The van der Waals surface area contributed by atoms with E-state index in [4.69, 9.17) is 15.6 Å². The minimum atomic E-state index is -0.588. The van der Waals surface area contributed by atoms with Gasteiger partial charge in [-0.15, -0.1) is 0 Å². The standard InChI is InChI=1S/C24H35N9O2/c1-24(2,3)35-23(34)29-18-7-6-16(14-26-18)20-19-21(25)27-15-28-22(19)33(30-20)13-12-32-10-8-17(9-11-32)31(4)5/h6-7,14-15,17H,8-13H2,1-5H3,(H2,25,27,28)(H,26,29,34). The minimum Gasteiger partial charge on any atom is -0.444 e. The number of nitrogens with zero attached hydrogens (tertiary/aromatic N) is 7. The number of fused-ring (bicyclic) bond motifs is 1. The number of likely N-dealkylation sites (tertiary alicyclic amines) is 1. The Hall–Kier alpha value is -3.31. The molecular formula is C24H35N9O2. The van der Waals surface area contributed by atoms with Crippen LogP contribution < -0.4 is 11.1 Å². The number of nitrogens with two attached hydrogens (primary N) is 1. The van der Waals surface area contributed by atoms with E-state index in [0.29, 0.717) is 40.9 Å². The zero-order chi connectivity index (χ0) is 25.2. The van der Waals surface area contributed by atoms with Crippen molar-refractivity contribution in [3.8, 4) is 11.3 Å². The fraction of sp³-hybridized carbons (Fsp3) is 0.542. The molecule has 0 spiro atoms. The van der Waals surface area contributed by atoms with Crippen LogP contribution in [0.2, 0.25) is 0 Å². The highest BCUT2D eigenvalue weighted by Gasteiger charge is 2.22. The van der Waals surface area contributed by atoms with Crippen LogP contribution in [0.5, 0.6) is 0 Å². The van der Waals surface area contributed by atoms with Gasteiger partial charge >= 0.3 is 6.09 Å². The van der Waals surface area contributed by atoms with Crippen molar-refractivity contribution >= 4 is 28.8 Å². The number of hydrogen-bond donors (Lipinski definition) is 2. The number of ether oxygens (including phenoxy) is 1. The number of piperidine rings is 1. The van der Waals surface area contributed by atoms with Crippen molar-refractivity contribution in [2.75, 3.05) is 44.8 Å². The highest BCUT2D eigenvalue weighted by Crippen LogP contribution is 2.30. The summed E-state index contributed by atoms with van der Waals surface area (Å²) in [5.74, 6) is 0.760. The van der Waals surface area contributed by atoms with E-state index in [1.165, 1.54) is 19.2 Å². The summed E-state index contributed by atoms with van der Waals surface area (Å²) in [5, 5.41) is 8.18. The van der Waals surface area contributed by atoms with Crippen LogP contribution in [0.15, 0.2) is 24.7 Å². The Morgan fingerprint density at radius 3 is 2.54 bits per heavy atom. The Bertz CT molecular complexity index is 1160. The smallest absolute Gasteiger partial charge is 0.413 e. The first-order chi connectivity index (χ1) is 16.6. The second-order valence-electron chi connectivity index (χ2n) is 10.1. The molecule has 11 nitrogen and oxygen atoms in total. The number of amides is 1. The van der Waals surface area contributed by atoms with Gasteiger partial charge in [-0.2, -0.15) is 5.10 Å². The first-order valence-corrected chi connectivity index (χ1v) is 11.9. The predicted molar refractivity (Wildman–Crippen MR) is 136 cm³/mol. The van der Waals surface area contributed by atoms with Gasteiger partial charge in [-0.1, -0.05) is 0 Å². The summed E-state index contributed by atoms with van der Waals surface area (Å²) in [6.07, 6.45) is 4.90. The van der Waals surface area contributed by atoms with Crippen LogP contribution in [0.3, 0.4) is 0 Å². The van der Waals surface area contributed by atoms with Gasteiger partial charge in [-0.05, 0) is 72.9 Å². The molecule has 1 fully saturated rings. The summed E-state index contributed by atoms with van der Waals surface area (Å²) in [4.78, 5) is 29.8. The van der Waals surface area contributed by atoms with E-state index in [0.717, 1.165) is 25.2 Å². The zero-order valence-electron chi connectivity index (χ0n) is 21.2. The molecule has 0 radical (unpaired) electrons. The molecule has 1 aliphatic heterocycles. The maximum atomic E-state index is 12.0. The van der Waals surface area contributed by atoms with Gasteiger partial charge in [0, 0.05) is 24.3 Å². The van der Waals surface area contributed by atoms with E-state index >= 15 is 0 Å². The predicted octanol–water partition coefficient (Wildman–Crippen LogP) is 2.84. The van der Waals surface area contributed by atoms with E-state index in [2.05, 4.69) is 44.2 Å². The van der Waals surface area contributed by atoms with E-state index in [9.17, 15) is 4.79 Å². The van der Waals surface area contributed by atoms with Gasteiger partial charge in [0.05, 0.1) is 11.9 Å². The molecule has 35 heavy (non-hydrogen) atoms. The number of nitrogens with one attached hydrogen (secondary N) is 1. The second-order valence-corrected chi connectivity index (χ2v) is 10.1.